The summed E-state index contributed by atoms with van der Waals surface area (Å²) in [5.74, 6) is -6.88. The number of fused-ring (bicyclic) bond motifs is 2. The number of allylic oxidation sites excluding steroid dienone is 3. The number of ketones is 1. The van der Waals surface area contributed by atoms with E-state index in [1.165, 1.54) is 0 Å². The molecule has 0 aromatic rings. The smallest absolute Gasteiger partial charge is 0.348 e. The summed E-state index contributed by atoms with van der Waals surface area (Å²) in [5, 5.41) is 64.3. The number of hydrogen-bond acceptors (Lipinski definition) is 16. The third kappa shape index (κ3) is 4.57. The number of hydrogen-bond donors (Lipinski definition) is 6. The molecule has 6 N–H and O–H groups in total. The van der Waals surface area contributed by atoms with E-state index in [-0.39, 0.29) is 25.2 Å². The molecule has 3 aliphatic carbocycles. The summed E-state index contributed by atoms with van der Waals surface area (Å²) < 4.78 is 34.1. The molecule has 3 saturated heterocycles. The Bertz CT molecular complexity index is 1450. The Labute approximate surface area is 275 Å². The normalized spacial score (nSPS) is 47.7. The maximum atomic E-state index is 13.9. The summed E-state index contributed by atoms with van der Waals surface area (Å²) in [4.78, 5) is 54.0. The summed E-state index contributed by atoms with van der Waals surface area (Å²) in [5.41, 5.74) is -4.04. The molecule has 0 amide bonds. The lowest BCUT2D eigenvalue weighted by atomic mass is 9.38. The van der Waals surface area contributed by atoms with Crippen LogP contribution >= 0.6 is 0 Å². The Hall–Kier alpha value is -2.96. The van der Waals surface area contributed by atoms with Crippen molar-refractivity contribution in [1.82, 2.24) is 0 Å². The molecule has 16 heteroatoms. The Balaban J connectivity index is 1.45. The number of ether oxygens (including phenoxy) is 6. The van der Waals surface area contributed by atoms with E-state index in [1.54, 1.807) is 27.7 Å². The number of carbonyl (C=O) groups excluding carboxylic acids is 4. The number of aliphatic hydroxyl groups excluding tert-OH is 6. The topological polar surface area (TPSA) is 245 Å². The van der Waals surface area contributed by atoms with E-state index < -0.39 is 120 Å². The minimum absolute atomic E-state index is 0.0357. The van der Waals surface area contributed by atoms with Gasteiger partial charge in [-0.25, -0.2) is 14.4 Å². The van der Waals surface area contributed by atoms with E-state index in [0.29, 0.717) is 11.1 Å². The van der Waals surface area contributed by atoms with Crippen LogP contribution < -0.4 is 0 Å². The second kappa shape index (κ2) is 11.8. The van der Waals surface area contributed by atoms with Crippen molar-refractivity contribution >= 4 is 23.7 Å². The van der Waals surface area contributed by atoms with Gasteiger partial charge in [-0.05, 0) is 44.1 Å². The molecule has 2 bridgehead atoms. The van der Waals surface area contributed by atoms with Crippen molar-refractivity contribution in [1.29, 1.82) is 0 Å². The third-order valence-electron chi connectivity index (χ3n) is 11.5. The van der Waals surface area contributed by atoms with Gasteiger partial charge in [0.15, 0.2) is 11.5 Å². The Morgan fingerprint density at radius 3 is 2.33 bits per heavy atom. The van der Waals surface area contributed by atoms with Gasteiger partial charge in [-0.15, -0.1) is 0 Å². The maximum Gasteiger partial charge on any atom is 0.348 e. The van der Waals surface area contributed by atoms with Gasteiger partial charge in [0, 0.05) is 23.8 Å². The van der Waals surface area contributed by atoms with Gasteiger partial charge in [0.05, 0.1) is 32.3 Å². The molecular weight excluding hydrogens is 640 g/mol. The quantitative estimate of drug-likeness (QED) is 0.0987. The largest absolute Gasteiger partial charge is 0.467 e. The molecule has 0 radical (unpaired) electrons. The van der Waals surface area contributed by atoms with Crippen LogP contribution in [0.1, 0.15) is 40.5 Å². The van der Waals surface area contributed by atoms with Crippen molar-refractivity contribution in [2.24, 2.45) is 28.6 Å². The molecule has 3 heterocycles. The summed E-state index contributed by atoms with van der Waals surface area (Å²) in [6, 6.07) is 0. The van der Waals surface area contributed by atoms with Crippen LogP contribution in [0.2, 0.25) is 0 Å². The third-order valence-corrected chi connectivity index (χ3v) is 11.5. The molecule has 3 aliphatic heterocycles. The molecule has 48 heavy (non-hydrogen) atoms. The second-order valence-corrected chi connectivity index (χ2v) is 14.3. The summed E-state index contributed by atoms with van der Waals surface area (Å²) >= 11 is 0. The lowest BCUT2D eigenvalue weighted by Gasteiger charge is -2.67. The zero-order valence-corrected chi connectivity index (χ0v) is 27.1. The minimum atomic E-state index is -2.32. The predicted molar refractivity (Wildman–Crippen MR) is 155 cm³/mol. The monoisotopic (exact) mass is 682 g/mol. The predicted octanol–water partition coefficient (Wildman–Crippen LogP) is -2.22. The maximum absolute atomic E-state index is 13.9. The van der Waals surface area contributed by atoms with Crippen molar-refractivity contribution in [3.8, 4) is 0 Å². The Morgan fingerprint density at radius 1 is 1.02 bits per heavy atom. The molecule has 6 aliphatic rings. The number of rotatable bonds is 6. The van der Waals surface area contributed by atoms with E-state index in [4.69, 9.17) is 28.4 Å². The van der Waals surface area contributed by atoms with E-state index >= 15 is 0 Å². The van der Waals surface area contributed by atoms with E-state index in [1.807, 2.05) is 0 Å². The van der Waals surface area contributed by atoms with Gasteiger partial charge in [-0.2, -0.15) is 0 Å². The SMILES string of the molecule is COC(=O)[C@]12OCC34[C@H]1C(OC(=O)C=C(C)C)C(=O)O[C@@H]3C[C@H]1C(C)=C(O[C@@H]3O[C@H](CO)[C@@H](O)[C@H](O)[C@H]3O)C(=O)C[C@]1(C)[C@H]4C(O)[C@@H]2O. The molecule has 3 unspecified atom stereocenters. The van der Waals surface area contributed by atoms with E-state index in [2.05, 4.69) is 0 Å². The van der Waals surface area contributed by atoms with Gasteiger partial charge in [0.2, 0.25) is 18.0 Å². The lowest BCUT2D eigenvalue weighted by Crippen LogP contribution is -2.79. The first-order chi connectivity index (χ1) is 22.5. The van der Waals surface area contributed by atoms with Crippen LogP contribution in [-0.4, -0.2) is 135 Å². The highest BCUT2D eigenvalue weighted by atomic mass is 16.7. The molecule has 5 fully saturated rings. The molecule has 0 aromatic heterocycles. The first kappa shape index (κ1) is 34.9. The number of carbonyl (C=O) groups is 4. The fourth-order valence-corrected chi connectivity index (χ4v) is 9.68. The fourth-order valence-electron chi connectivity index (χ4n) is 9.68. The molecule has 16 nitrogen and oxygen atoms in total. The van der Waals surface area contributed by atoms with E-state index in [9.17, 15) is 49.8 Å². The highest BCUT2D eigenvalue weighted by Crippen LogP contribution is 2.73. The molecule has 6 rings (SSSR count). The first-order valence-corrected chi connectivity index (χ1v) is 15.9. The molecule has 1 spiro atoms. The van der Waals surface area contributed by atoms with Crippen LogP contribution in [0.4, 0.5) is 0 Å². The number of Topliss-reactive ketones (excluding diaryl/α,β-unsaturated/α-hetero) is 1. The van der Waals surface area contributed by atoms with E-state index in [0.717, 1.165) is 13.2 Å². The average Bonchev–Trinajstić information content (AvgIpc) is 3.33. The Kier molecular flexibility index (Phi) is 8.60. The van der Waals surface area contributed by atoms with Crippen LogP contribution in [-0.2, 0) is 47.6 Å². The van der Waals surface area contributed by atoms with Gasteiger partial charge in [-0.3, -0.25) is 4.79 Å². The van der Waals surface area contributed by atoms with Crippen molar-refractivity contribution in [3.63, 3.8) is 0 Å². The zero-order valence-electron chi connectivity index (χ0n) is 27.1. The van der Waals surface area contributed by atoms with Gasteiger partial charge < -0.3 is 59.1 Å². The van der Waals surface area contributed by atoms with Crippen LogP contribution in [0.3, 0.4) is 0 Å². The van der Waals surface area contributed by atoms with Crippen LogP contribution in [0.25, 0.3) is 0 Å². The molecule has 15 atom stereocenters. The van der Waals surface area contributed by atoms with Crippen molar-refractivity contribution in [2.75, 3.05) is 20.3 Å². The van der Waals surface area contributed by atoms with Gasteiger partial charge in [0.25, 0.3) is 0 Å². The van der Waals surface area contributed by atoms with Crippen molar-refractivity contribution < 1.29 is 78.2 Å². The van der Waals surface area contributed by atoms with Gasteiger partial charge in [-0.1, -0.05) is 12.5 Å². The van der Waals surface area contributed by atoms with Crippen LogP contribution in [0.5, 0.6) is 0 Å². The average molecular weight is 683 g/mol. The van der Waals surface area contributed by atoms with Crippen LogP contribution in [0, 0.1) is 28.6 Å². The zero-order chi connectivity index (χ0) is 35.2. The Morgan fingerprint density at radius 2 is 1.71 bits per heavy atom. The number of aliphatic hydroxyl groups is 6. The number of esters is 3. The lowest BCUT2D eigenvalue weighted by molar-refractivity contribution is -0.296. The highest BCUT2D eigenvalue weighted by Gasteiger charge is 2.85. The summed E-state index contributed by atoms with van der Waals surface area (Å²) in [6.07, 6.45) is -13.7. The van der Waals surface area contributed by atoms with Gasteiger partial charge >= 0.3 is 17.9 Å². The first-order valence-electron chi connectivity index (χ1n) is 15.9. The summed E-state index contributed by atoms with van der Waals surface area (Å²) in [6.45, 7) is 5.57. The second-order valence-electron chi connectivity index (χ2n) is 14.3. The summed E-state index contributed by atoms with van der Waals surface area (Å²) in [7, 11) is 1.06. The van der Waals surface area contributed by atoms with Gasteiger partial charge in [0.1, 0.15) is 36.6 Å². The fraction of sp³-hybridized carbons (Fsp3) is 0.750. The van der Waals surface area contributed by atoms with Crippen molar-refractivity contribution in [3.05, 3.63) is 23.0 Å². The van der Waals surface area contributed by atoms with Crippen LogP contribution in [0.15, 0.2) is 23.0 Å². The van der Waals surface area contributed by atoms with Crippen molar-refractivity contribution in [2.45, 2.75) is 101 Å². The molecule has 0 aromatic carbocycles. The molecule has 266 valence electrons. The minimum Gasteiger partial charge on any atom is -0.467 e. The highest BCUT2D eigenvalue weighted by molar-refractivity contribution is 5.96. The number of methoxy groups -OCH3 is 1. The standard InChI is InChI=1S/C32H42O16/c1-11(2)6-17(35)47-23-25-31-10-44-32(25,29(42)43-5)26(40)21(39)24(31)30(4)8-14(34)22(12(3)13(30)7-16(31)46-27(23)41)48-28-20(38)19(37)18(36)15(9-33)45-28/h6,13,15-16,18-21,23-26,28,33,36-40H,7-10H2,1-5H3/t13-,15+,16+,18+,19-,20+,21?,23?,24+,25+,26-,28-,30-,31?,32-/m0/s1. The molecular formula is C32H42O16. The molecule has 2 saturated carbocycles.